The van der Waals surface area contributed by atoms with Gasteiger partial charge in [-0.15, -0.1) is 0 Å². The van der Waals surface area contributed by atoms with Crippen LogP contribution < -0.4 is 5.32 Å². The van der Waals surface area contributed by atoms with E-state index in [2.05, 4.69) is 61.0 Å². The molecule has 0 radical (unpaired) electrons. The topological polar surface area (TPSA) is 79.4 Å². The molecule has 7 heteroatoms. The van der Waals surface area contributed by atoms with E-state index in [0.29, 0.717) is 23.5 Å². The Morgan fingerprint density at radius 1 is 1.27 bits per heavy atom. The number of rotatable bonds is 3. The molecule has 2 atom stereocenters. The Balaban J connectivity index is 1.53. The van der Waals surface area contributed by atoms with Crippen LogP contribution in [0.3, 0.4) is 0 Å². The largest absolute Gasteiger partial charge is 0.351 e. The molecule has 1 aliphatic rings. The van der Waals surface area contributed by atoms with Crippen molar-refractivity contribution in [3.8, 4) is 6.07 Å². The van der Waals surface area contributed by atoms with Crippen molar-refractivity contribution in [2.75, 3.05) is 5.32 Å². The quantitative estimate of drug-likeness (QED) is 0.701. The number of hydrogen-bond donors (Lipinski definition) is 1. The van der Waals surface area contributed by atoms with Gasteiger partial charge in [-0.25, -0.2) is 15.0 Å². The number of nitrogens with zero attached hydrogens (tertiary/aromatic N) is 5. The minimum atomic E-state index is 0.313. The number of fused-ring (bicyclic) bond motifs is 1. The maximum Gasteiger partial charge on any atom is 0.222 e. The van der Waals surface area contributed by atoms with Gasteiger partial charge in [-0.3, -0.25) is 0 Å². The number of imidazole rings is 1. The summed E-state index contributed by atoms with van der Waals surface area (Å²) in [7, 11) is 2.10. The minimum Gasteiger partial charge on any atom is -0.351 e. The zero-order valence-electron chi connectivity index (χ0n) is 14.5. The lowest BCUT2D eigenvalue weighted by molar-refractivity contribution is 0.392. The summed E-state index contributed by atoms with van der Waals surface area (Å²) in [4.78, 5) is 13.4. The van der Waals surface area contributed by atoms with Gasteiger partial charge in [0.1, 0.15) is 11.9 Å². The molecule has 0 spiro atoms. The zero-order valence-corrected chi connectivity index (χ0v) is 16.1. The third kappa shape index (κ3) is 3.29. The van der Waals surface area contributed by atoms with Crippen LogP contribution in [0.4, 0.5) is 5.95 Å². The van der Waals surface area contributed by atoms with Crippen molar-refractivity contribution >= 4 is 32.9 Å². The van der Waals surface area contributed by atoms with E-state index >= 15 is 0 Å². The van der Waals surface area contributed by atoms with Crippen LogP contribution >= 0.6 is 15.9 Å². The van der Waals surface area contributed by atoms with E-state index < -0.39 is 0 Å². The van der Waals surface area contributed by atoms with E-state index in [-0.39, 0.29) is 0 Å². The second-order valence-electron chi connectivity index (χ2n) is 6.77. The van der Waals surface area contributed by atoms with Crippen molar-refractivity contribution in [1.82, 2.24) is 19.5 Å². The monoisotopic (exact) mass is 410 g/mol. The predicted molar refractivity (Wildman–Crippen MR) is 104 cm³/mol. The summed E-state index contributed by atoms with van der Waals surface area (Å²) in [6.07, 6.45) is 7.49. The molecule has 0 bridgehead atoms. The van der Waals surface area contributed by atoms with E-state index in [0.717, 1.165) is 47.0 Å². The zero-order chi connectivity index (χ0) is 18.1. The SMILES string of the molecule is Cn1c([C@H]2CCC[C@@H](Nc3ncc(C#N)cn3)C2)nc2cc(Br)ccc21. The summed E-state index contributed by atoms with van der Waals surface area (Å²) < 4.78 is 3.27. The summed E-state index contributed by atoms with van der Waals surface area (Å²) >= 11 is 3.53. The highest BCUT2D eigenvalue weighted by Gasteiger charge is 2.27. The van der Waals surface area contributed by atoms with Crippen LogP contribution in [-0.4, -0.2) is 25.6 Å². The highest BCUT2D eigenvalue weighted by atomic mass is 79.9. The van der Waals surface area contributed by atoms with E-state index in [9.17, 15) is 0 Å². The molecule has 26 heavy (non-hydrogen) atoms. The molecule has 1 saturated carbocycles. The third-order valence-corrected chi connectivity index (χ3v) is 5.52. The first-order chi connectivity index (χ1) is 12.6. The van der Waals surface area contributed by atoms with Crippen LogP contribution in [0.15, 0.2) is 35.1 Å². The molecule has 2 heterocycles. The summed E-state index contributed by atoms with van der Waals surface area (Å²) in [5.41, 5.74) is 2.67. The molecule has 0 aliphatic heterocycles. The Bertz CT molecular complexity index is 972. The van der Waals surface area contributed by atoms with E-state index in [1.165, 1.54) is 0 Å². The normalized spacial score (nSPS) is 20.0. The molecule has 132 valence electrons. The lowest BCUT2D eigenvalue weighted by Crippen LogP contribution is -2.28. The maximum atomic E-state index is 8.85. The second kappa shape index (κ2) is 7.04. The molecule has 1 aliphatic carbocycles. The van der Waals surface area contributed by atoms with Gasteiger partial charge in [-0.1, -0.05) is 22.4 Å². The van der Waals surface area contributed by atoms with Gasteiger partial charge >= 0.3 is 0 Å². The van der Waals surface area contributed by atoms with Crippen LogP contribution in [0, 0.1) is 11.3 Å². The average molecular weight is 411 g/mol. The van der Waals surface area contributed by atoms with Gasteiger partial charge in [-0.2, -0.15) is 5.26 Å². The minimum absolute atomic E-state index is 0.313. The lowest BCUT2D eigenvalue weighted by atomic mass is 9.85. The average Bonchev–Trinajstić information content (AvgIpc) is 2.98. The fourth-order valence-electron chi connectivity index (χ4n) is 3.76. The first-order valence-electron chi connectivity index (χ1n) is 8.74. The number of aryl methyl sites for hydroxylation is 1. The van der Waals surface area contributed by atoms with Crippen molar-refractivity contribution in [3.05, 3.63) is 46.5 Å². The number of nitrogens with one attached hydrogen (secondary N) is 1. The smallest absolute Gasteiger partial charge is 0.222 e. The third-order valence-electron chi connectivity index (χ3n) is 5.03. The van der Waals surface area contributed by atoms with E-state index in [1.54, 1.807) is 12.4 Å². The predicted octanol–water partition coefficient (Wildman–Crippen LogP) is 4.14. The van der Waals surface area contributed by atoms with Crippen molar-refractivity contribution in [2.45, 2.75) is 37.6 Å². The molecule has 1 fully saturated rings. The molecule has 1 aromatic carbocycles. The standard InChI is InChI=1S/C19H19BrN6/c1-26-17-6-5-14(20)8-16(17)25-18(26)13-3-2-4-15(7-13)24-19-22-10-12(9-21)11-23-19/h5-6,8,10-11,13,15H,2-4,7H2,1H3,(H,22,23,24)/t13-,15+/m0/s1. The maximum absolute atomic E-state index is 8.85. The van der Waals surface area contributed by atoms with Crippen molar-refractivity contribution in [3.63, 3.8) is 0 Å². The van der Waals surface area contributed by atoms with Gasteiger partial charge < -0.3 is 9.88 Å². The molecule has 6 nitrogen and oxygen atoms in total. The number of nitriles is 1. The molecule has 1 N–H and O–H groups in total. The summed E-state index contributed by atoms with van der Waals surface area (Å²) in [5, 5.41) is 12.3. The van der Waals surface area contributed by atoms with E-state index in [4.69, 9.17) is 10.2 Å². The van der Waals surface area contributed by atoms with Gasteiger partial charge in [0.15, 0.2) is 0 Å². The Morgan fingerprint density at radius 3 is 2.85 bits per heavy atom. The molecular weight excluding hydrogens is 392 g/mol. The van der Waals surface area contributed by atoms with E-state index in [1.807, 2.05) is 6.07 Å². The molecule has 0 amide bonds. The van der Waals surface area contributed by atoms with Crippen molar-refractivity contribution in [1.29, 1.82) is 5.26 Å². The number of hydrogen-bond acceptors (Lipinski definition) is 5. The van der Waals surface area contributed by atoms with Crippen LogP contribution in [0.5, 0.6) is 0 Å². The van der Waals surface area contributed by atoms with Crippen LogP contribution in [0.25, 0.3) is 11.0 Å². The molecular formula is C19H19BrN6. The first-order valence-corrected chi connectivity index (χ1v) is 9.54. The summed E-state index contributed by atoms with van der Waals surface area (Å²) in [6.45, 7) is 0. The molecule has 3 aromatic rings. The second-order valence-corrected chi connectivity index (χ2v) is 7.69. The Hall–Kier alpha value is -2.46. The van der Waals surface area contributed by atoms with Crippen molar-refractivity contribution < 1.29 is 0 Å². The summed E-state index contributed by atoms with van der Waals surface area (Å²) in [6, 6.07) is 8.59. The van der Waals surface area contributed by atoms with Crippen LogP contribution in [-0.2, 0) is 7.05 Å². The highest BCUT2D eigenvalue weighted by molar-refractivity contribution is 9.10. The molecule has 4 rings (SSSR count). The summed E-state index contributed by atoms with van der Waals surface area (Å²) in [5.74, 6) is 2.14. The van der Waals surface area contributed by atoms with Gasteiger partial charge in [-0.05, 0) is 37.5 Å². The number of aromatic nitrogens is 4. The fourth-order valence-corrected chi connectivity index (χ4v) is 4.10. The lowest BCUT2D eigenvalue weighted by Gasteiger charge is -2.29. The molecule has 0 saturated heterocycles. The van der Waals surface area contributed by atoms with Gasteiger partial charge in [0.05, 0.1) is 29.0 Å². The Labute approximate surface area is 160 Å². The van der Waals surface area contributed by atoms with Gasteiger partial charge in [0.2, 0.25) is 5.95 Å². The van der Waals surface area contributed by atoms with Gasteiger partial charge in [0.25, 0.3) is 0 Å². The van der Waals surface area contributed by atoms with Crippen molar-refractivity contribution in [2.24, 2.45) is 7.05 Å². The van der Waals surface area contributed by atoms with Crippen LogP contribution in [0.2, 0.25) is 0 Å². The number of halogens is 1. The first kappa shape index (κ1) is 17.0. The number of benzene rings is 1. The Morgan fingerprint density at radius 2 is 2.08 bits per heavy atom. The molecule has 2 aromatic heterocycles. The fraction of sp³-hybridized carbons (Fsp3) is 0.368. The highest BCUT2D eigenvalue weighted by Crippen LogP contribution is 2.35. The van der Waals surface area contributed by atoms with Crippen LogP contribution in [0.1, 0.15) is 43.0 Å². The number of anilines is 1. The van der Waals surface area contributed by atoms with Gasteiger partial charge in [0, 0.05) is 23.5 Å². The Kier molecular flexibility index (Phi) is 4.60. The molecule has 0 unspecified atom stereocenters.